The fraction of sp³-hybridized carbons (Fsp3) is 0.524. The molecule has 0 saturated carbocycles. The van der Waals surface area contributed by atoms with Crippen molar-refractivity contribution in [1.82, 2.24) is 20.5 Å². The van der Waals surface area contributed by atoms with Gasteiger partial charge in [-0.25, -0.2) is 4.98 Å². The van der Waals surface area contributed by atoms with Crippen molar-refractivity contribution in [2.24, 2.45) is 4.99 Å². The number of aryl methyl sites for hydroxylation is 1. The molecule has 0 bridgehead atoms. The van der Waals surface area contributed by atoms with Gasteiger partial charge in [0.05, 0.1) is 19.7 Å². The summed E-state index contributed by atoms with van der Waals surface area (Å²) in [5.74, 6) is 1.67. The van der Waals surface area contributed by atoms with Crippen LogP contribution in [-0.4, -0.2) is 49.6 Å². The number of thiazole rings is 1. The highest BCUT2D eigenvalue weighted by Crippen LogP contribution is 2.23. The van der Waals surface area contributed by atoms with Gasteiger partial charge in [-0.1, -0.05) is 32.9 Å². The van der Waals surface area contributed by atoms with Crippen molar-refractivity contribution in [1.29, 1.82) is 0 Å². The lowest BCUT2D eigenvalue weighted by atomic mass is 10.0. The fourth-order valence-corrected chi connectivity index (χ4v) is 3.94. The Hall–Kier alpha value is -1.39. The summed E-state index contributed by atoms with van der Waals surface area (Å²) in [4.78, 5) is 12.6. The van der Waals surface area contributed by atoms with Crippen molar-refractivity contribution in [3.8, 4) is 5.75 Å². The van der Waals surface area contributed by atoms with Gasteiger partial charge in [0.2, 0.25) is 0 Å². The van der Waals surface area contributed by atoms with Crippen LogP contribution in [0.25, 0.3) is 0 Å². The average molecular weight is 532 g/mol. The molecular formula is C21H34IN5OS. The maximum atomic E-state index is 5.42. The van der Waals surface area contributed by atoms with Crippen LogP contribution in [-0.2, 0) is 13.0 Å². The van der Waals surface area contributed by atoms with E-state index in [-0.39, 0.29) is 30.0 Å². The Morgan fingerprint density at radius 2 is 2.00 bits per heavy atom. The van der Waals surface area contributed by atoms with Gasteiger partial charge in [-0.2, -0.15) is 0 Å². The summed E-state index contributed by atoms with van der Waals surface area (Å²) in [6.07, 6.45) is 2.98. The molecule has 1 heterocycles. The van der Waals surface area contributed by atoms with Gasteiger partial charge >= 0.3 is 0 Å². The molecule has 29 heavy (non-hydrogen) atoms. The van der Waals surface area contributed by atoms with Crippen molar-refractivity contribution < 1.29 is 4.74 Å². The molecule has 1 atom stereocenters. The van der Waals surface area contributed by atoms with Crippen molar-refractivity contribution in [3.63, 3.8) is 0 Å². The molecule has 0 radical (unpaired) electrons. The molecule has 162 valence electrons. The zero-order valence-corrected chi connectivity index (χ0v) is 21.2. The highest BCUT2D eigenvalue weighted by molar-refractivity contribution is 14.0. The van der Waals surface area contributed by atoms with Crippen LogP contribution >= 0.6 is 35.3 Å². The summed E-state index contributed by atoms with van der Waals surface area (Å²) in [5.41, 5.74) is 1.23. The first kappa shape index (κ1) is 25.6. The number of benzene rings is 1. The van der Waals surface area contributed by atoms with Crippen LogP contribution in [0, 0.1) is 0 Å². The van der Waals surface area contributed by atoms with E-state index in [0.29, 0.717) is 6.54 Å². The Labute approximate surface area is 196 Å². The molecule has 8 heteroatoms. The lowest BCUT2D eigenvalue weighted by molar-refractivity contribution is 0.218. The largest absolute Gasteiger partial charge is 0.497 e. The van der Waals surface area contributed by atoms with Crippen LogP contribution in [0.3, 0.4) is 0 Å². The van der Waals surface area contributed by atoms with E-state index in [2.05, 4.69) is 58.4 Å². The second-order valence-electron chi connectivity index (χ2n) is 6.39. The molecule has 1 unspecified atom stereocenters. The number of rotatable bonds is 10. The van der Waals surface area contributed by atoms with E-state index in [1.165, 1.54) is 10.4 Å². The standard InChI is InChI=1S/C21H33N5OS.HI/c1-6-18-13-23-20(28-18)15-25-21(22-4)24-14-19(26(7-2)8-3)16-10-9-11-17(12-16)27-5;/h9-13,19H,6-8,14-15H2,1-5H3,(H2,22,24,25);1H. The molecule has 0 aliphatic rings. The van der Waals surface area contributed by atoms with Crippen LogP contribution in [0.1, 0.15) is 42.3 Å². The topological polar surface area (TPSA) is 61.8 Å². The van der Waals surface area contributed by atoms with E-state index in [1.54, 1.807) is 25.5 Å². The van der Waals surface area contributed by atoms with Crippen LogP contribution in [0.15, 0.2) is 35.5 Å². The van der Waals surface area contributed by atoms with Crippen molar-refractivity contribution in [2.75, 3.05) is 33.8 Å². The predicted octanol–water partition coefficient (Wildman–Crippen LogP) is 4.08. The zero-order valence-electron chi connectivity index (χ0n) is 18.1. The van der Waals surface area contributed by atoms with E-state index in [1.807, 2.05) is 18.3 Å². The summed E-state index contributed by atoms with van der Waals surface area (Å²) in [7, 11) is 3.50. The number of aromatic nitrogens is 1. The van der Waals surface area contributed by atoms with Crippen LogP contribution < -0.4 is 15.4 Å². The minimum atomic E-state index is 0. The third-order valence-corrected chi connectivity index (χ3v) is 5.92. The Morgan fingerprint density at radius 3 is 2.59 bits per heavy atom. The van der Waals surface area contributed by atoms with Crippen LogP contribution in [0.4, 0.5) is 0 Å². The van der Waals surface area contributed by atoms with E-state index in [9.17, 15) is 0 Å². The molecule has 1 aromatic carbocycles. The fourth-order valence-electron chi connectivity index (χ4n) is 3.14. The Kier molecular flexibility index (Phi) is 12.2. The quantitative estimate of drug-likeness (QED) is 0.275. The predicted molar refractivity (Wildman–Crippen MR) is 134 cm³/mol. The van der Waals surface area contributed by atoms with Crippen molar-refractivity contribution in [2.45, 2.75) is 39.8 Å². The van der Waals surface area contributed by atoms with Crippen molar-refractivity contribution in [3.05, 3.63) is 45.9 Å². The number of likely N-dealkylation sites (N-methyl/N-ethyl adjacent to an activating group) is 1. The molecule has 2 aromatic rings. The Bertz CT molecular complexity index is 748. The second kappa shape index (κ2) is 13.8. The van der Waals surface area contributed by atoms with Crippen molar-refractivity contribution >= 4 is 41.3 Å². The van der Waals surface area contributed by atoms with Gasteiger partial charge in [0.15, 0.2) is 5.96 Å². The molecule has 0 saturated heterocycles. The third kappa shape index (κ3) is 7.75. The number of guanidine groups is 1. The summed E-state index contributed by atoms with van der Waals surface area (Å²) in [6, 6.07) is 8.53. The van der Waals surface area contributed by atoms with Gasteiger partial charge in [0, 0.05) is 24.7 Å². The molecule has 2 N–H and O–H groups in total. The van der Waals surface area contributed by atoms with Crippen LogP contribution in [0.2, 0.25) is 0 Å². The summed E-state index contributed by atoms with van der Waals surface area (Å²) in [5, 5.41) is 7.93. The summed E-state index contributed by atoms with van der Waals surface area (Å²) >= 11 is 1.74. The minimum Gasteiger partial charge on any atom is -0.497 e. The van der Waals surface area contributed by atoms with Crippen LogP contribution in [0.5, 0.6) is 5.75 Å². The Balaban J connectivity index is 0.00000420. The number of methoxy groups -OCH3 is 1. The summed E-state index contributed by atoms with van der Waals surface area (Å²) < 4.78 is 5.42. The molecule has 0 amide bonds. The first-order valence-electron chi connectivity index (χ1n) is 9.91. The number of halogens is 1. The number of nitrogens with zero attached hydrogens (tertiary/aromatic N) is 3. The second-order valence-corrected chi connectivity index (χ2v) is 7.59. The highest BCUT2D eigenvalue weighted by Gasteiger charge is 2.19. The number of hydrogen-bond donors (Lipinski definition) is 2. The molecular weight excluding hydrogens is 497 g/mol. The minimum absolute atomic E-state index is 0. The third-order valence-electron chi connectivity index (χ3n) is 4.78. The van der Waals surface area contributed by atoms with Gasteiger partial charge in [0.25, 0.3) is 0 Å². The van der Waals surface area contributed by atoms with E-state index in [0.717, 1.165) is 42.8 Å². The maximum Gasteiger partial charge on any atom is 0.191 e. The van der Waals surface area contributed by atoms with E-state index >= 15 is 0 Å². The number of ether oxygens (including phenoxy) is 1. The molecule has 1 aromatic heterocycles. The smallest absolute Gasteiger partial charge is 0.191 e. The molecule has 0 fully saturated rings. The number of aliphatic imine (C=N–C) groups is 1. The van der Waals surface area contributed by atoms with Gasteiger partial charge in [-0.3, -0.25) is 9.89 Å². The Morgan fingerprint density at radius 1 is 1.24 bits per heavy atom. The van der Waals surface area contributed by atoms with E-state index < -0.39 is 0 Å². The normalized spacial score (nSPS) is 12.4. The molecule has 6 nitrogen and oxygen atoms in total. The van der Waals surface area contributed by atoms with Gasteiger partial charge < -0.3 is 15.4 Å². The molecule has 2 rings (SSSR count). The number of hydrogen-bond acceptors (Lipinski definition) is 5. The average Bonchev–Trinajstić information content (AvgIpc) is 3.21. The number of nitrogens with one attached hydrogen (secondary N) is 2. The first-order valence-corrected chi connectivity index (χ1v) is 10.7. The SMILES string of the molecule is CCc1cnc(CNC(=NC)NCC(c2cccc(OC)c2)N(CC)CC)s1.I. The molecule has 0 aliphatic carbocycles. The van der Waals surface area contributed by atoms with Gasteiger partial charge in [0.1, 0.15) is 10.8 Å². The maximum absolute atomic E-state index is 5.42. The summed E-state index contributed by atoms with van der Waals surface area (Å²) in [6.45, 7) is 9.92. The van der Waals surface area contributed by atoms with Gasteiger partial charge in [-0.15, -0.1) is 35.3 Å². The lowest BCUT2D eigenvalue weighted by Gasteiger charge is -2.31. The lowest BCUT2D eigenvalue weighted by Crippen LogP contribution is -2.43. The zero-order chi connectivity index (χ0) is 20.4. The highest BCUT2D eigenvalue weighted by atomic mass is 127. The van der Waals surface area contributed by atoms with Gasteiger partial charge in [-0.05, 0) is 37.2 Å². The monoisotopic (exact) mass is 531 g/mol. The molecule has 0 spiro atoms. The molecule has 0 aliphatic heterocycles. The first-order chi connectivity index (χ1) is 13.6. The van der Waals surface area contributed by atoms with E-state index in [4.69, 9.17) is 4.74 Å².